The summed E-state index contributed by atoms with van der Waals surface area (Å²) in [5, 5.41) is 3.61. The van der Waals surface area contributed by atoms with Gasteiger partial charge in [0.25, 0.3) is 0 Å². The van der Waals surface area contributed by atoms with Crippen molar-refractivity contribution in [2.24, 2.45) is 0 Å². The van der Waals surface area contributed by atoms with Crippen molar-refractivity contribution in [1.29, 1.82) is 0 Å². The minimum absolute atomic E-state index is 0.0195. The molecule has 1 atom stereocenters. The summed E-state index contributed by atoms with van der Waals surface area (Å²) in [6.45, 7) is 2.97. The summed E-state index contributed by atoms with van der Waals surface area (Å²) in [7, 11) is 1.64. The fourth-order valence-corrected chi connectivity index (χ4v) is 2.39. The molecule has 4 heteroatoms. The first-order valence-corrected chi connectivity index (χ1v) is 7.35. The van der Waals surface area contributed by atoms with Crippen molar-refractivity contribution >= 4 is 11.6 Å². The largest absolute Gasteiger partial charge is 0.497 e. The lowest BCUT2D eigenvalue weighted by Gasteiger charge is -2.20. The predicted octanol–water partition coefficient (Wildman–Crippen LogP) is 4.58. The summed E-state index contributed by atoms with van der Waals surface area (Å²) in [4.78, 5) is 0. The zero-order valence-electron chi connectivity index (χ0n) is 12.2. The van der Waals surface area contributed by atoms with Crippen LogP contribution in [-0.4, -0.2) is 13.7 Å². The molecule has 2 nitrogen and oxygen atoms in total. The molecule has 0 aliphatic rings. The molecule has 0 aliphatic carbocycles. The van der Waals surface area contributed by atoms with E-state index in [9.17, 15) is 4.39 Å². The van der Waals surface area contributed by atoms with Gasteiger partial charge in [0, 0.05) is 0 Å². The number of hydrogen-bond acceptors (Lipinski definition) is 2. The smallest absolute Gasteiger partial charge is 0.141 e. The third-order valence-corrected chi connectivity index (χ3v) is 3.61. The average molecular weight is 308 g/mol. The highest BCUT2D eigenvalue weighted by atomic mass is 35.5. The maximum absolute atomic E-state index is 13.3. The van der Waals surface area contributed by atoms with Crippen molar-refractivity contribution < 1.29 is 9.13 Å². The molecular formula is C17H19ClFNO. The fourth-order valence-electron chi connectivity index (χ4n) is 2.21. The van der Waals surface area contributed by atoms with Crippen LogP contribution in [0.25, 0.3) is 0 Å². The Labute approximate surface area is 129 Å². The quantitative estimate of drug-likeness (QED) is 0.843. The molecule has 0 radical (unpaired) electrons. The van der Waals surface area contributed by atoms with Crippen molar-refractivity contribution in [1.82, 2.24) is 5.32 Å². The molecule has 0 fully saturated rings. The van der Waals surface area contributed by atoms with Crippen molar-refractivity contribution in [3.63, 3.8) is 0 Å². The zero-order chi connectivity index (χ0) is 15.2. The van der Waals surface area contributed by atoms with Gasteiger partial charge in [0.05, 0.1) is 18.2 Å². The maximum atomic E-state index is 13.3. The van der Waals surface area contributed by atoms with Gasteiger partial charge in [-0.1, -0.05) is 36.7 Å². The van der Waals surface area contributed by atoms with E-state index in [-0.39, 0.29) is 11.1 Å². The third-order valence-electron chi connectivity index (χ3n) is 3.32. The van der Waals surface area contributed by atoms with Gasteiger partial charge >= 0.3 is 0 Å². The number of nitrogens with one attached hydrogen (secondary N) is 1. The summed E-state index contributed by atoms with van der Waals surface area (Å²) in [6.07, 6.45) is 1.02. The van der Waals surface area contributed by atoms with E-state index in [2.05, 4.69) is 12.2 Å². The zero-order valence-corrected chi connectivity index (χ0v) is 13.0. The summed E-state index contributed by atoms with van der Waals surface area (Å²) >= 11 is 5.90. The predicted molar refractivity (Wildman–Crippen MR) is 84.5 cm³/mol. The van der Waals surface area contributed by atoms with Gasteiger partial charge in [-0.15, -0.1) is 0 Å². The van der Waals surface area contributed by atoms with Gasteiger partial charge in [0.1, 0.15) is 11.6 Å². The second-order valence-corrected chi connectivity index (χ2v) is 5.24. The van der Waals surface area contributed by atoms with Gasteiger partial charge in [-0.05, 0) is 48.4 Å². The highest BCUT2D eigenvalue weighted by molar-refractivity contribution is 6.30. The molecule has 2 rings (SSSR count). The van der Waals surface area contributed by atoms with Crippen molar-refractivity contribution in [2.75, 3.05) is 13.7 Å². The lowest BCUT2D eigenvalue weighted by molar-refractivity contribution is 0.414. The first kappa shape index (κ1) is 15.8. The molecule has 112 valence electrons. The first-order chi connectivity index (χ1) is 10.2. The lowest BCUT2D eigenvalue weighted by Crippen LogP contribution is -2.23. The summed E-state index contributed by atoms with van der Waals surface area (Å²) in [5.74, 6) is 0.412. The van der Waals surface area contributed by atoms with Crippen LogP contribution in [-0.2, 0) is 0 Å². The molecule has 21 heavy (non-hydrogen) atoms. The van der Waals surface area contributed by atoms with E-state index in [0.29, 0.717) is 0 Å². The second-order valence-electron chi connectivity index (χ2n) is 4.83. The average Bonchev–Trinajstić information content (AvgIpc) is 2.51. The van der Waals surface area contributed by atoms with E-state index < -0.39 is 5.82 Å². The van der Waals surface area contributed by atoms with Crippen LogP contribution in [0, 0.1) is 5.82 Å². The number of ether oxygens (including phenoxy) is 1. The van der Waals surface area contributed by atoms with Crippen LogP contribution in [0.3, 0.4) is 0 Å². The van der Waals surface area contributed by atoms with E-state index in [4.69, 9.17) is 16.3 Å². The minimum Gasteiger partial charge on any atom is -0.497 e. The Kier molecular flexibility index (Phi) is 5.59. The number of halogens is 2. The van der Waals surface area contributed by atoms with Crippen molar-refractivity contribution in [3.8, 4) is 5.75 Å². The van der Waals surface area contributed by atoms with E-state index in [1.54, 1.807) is 19.2 Å². The van der Waals surface area contributed by atoms with E-state index in [0.717, 1.165) is 29.8 Å². The van der Waals surface area contributed by atoms with Crippen LogP contribution in [0.15, 0.2) is 42.5 Å². The van der Waals surface area contributed by atoms with Crippen LogP contribution < -0.4 is 10.1 Å². The molecule has 2 aromatic carbocycles. The first-order valence-electron chi connectivity index (χ1n) is 6.98. The number of methoxy groups -OCH3 is 1. The molecule has 0 heterocycles. The van der Waals surface area contributed by atoms with E-state index in [1.807, 2.05) is 24.3 Å². The van der Waals surface area contributed by atoms with Crippen LogP contribution in [0.2, 0.25) is 5.02 Å². The van der Waals surface area contributed by atoms with Crippen molar-refractivity contribution in [2.45, 2.75) is 19.4 Å². The van der Waals surface area contributed by atoms with Gasteiger partial charge < -0.3 is 10.1 Å². The summed E-state index contributed by atoms with van der Waals surface area (Å²) in [5.41, 5.74) is 2.03. The highest BCUT2D eigenvalue weighted by Gasteiger charge is 2.15. The summed E-state index contributed by atoms with van der Waals surface area (Å²) in [6, 6.07) is 12.7. The molecule has 0 saturated carbocycles. The molecule has 1 N–H and O–H groups in total. The molecule has 0 bridgehead atoms. The molecule has 0 spiro atoms. The fraction of sp³-hybridized carbons (Fsp3) is 0.294. The number of rotatable bonds is 6. The number of benzene rings is 2. The minimum atomic E-state index is -0.399. The van der Waals surface area contributed by atoms with Gasteiger partial charge in [0.15, 0.2) is 0 Å². The standard InChI is InChI=1S/C17H19ClFNO/c1-3-10-20-17(12-4-7-14(21-2)8-5-12)13-6-9-16(19)15(18)11-13/h4-9,11,17,20H,3,10H2,1-2H3. The monoisotopic (exact) mass is 307 g/mol. The van der Waals surface area contributed by atoms with Gasteiger partial charge in [-0.25, -0.2) is 4.39 Å². The van der Waals surface area contributed by atoms with Crippen molar-refractivity contribution in [3.05, 3.63) is 64.4 Å². The Bertz CT molecular complexity index is 586. The lowest BCUT2D eigenvalue weighted by atomic mass is 9.98. The molecular weight excluding hydrogens is 289 g/mol. The topological polar surface area (TPSA) is 21.3 Å². The van der Waals surface area contributed by atoms with Crippen LogP contribution in [0.4, 0.5) is 4.39 Å². The molecule has 0 saturated heterocycles. The number of hydrogen-bond donors (Lipinski definition) is 1. The Hall–Kier alpha value is -1.58. The van der Waals surface area contributed by atoms with E-state index in [1.165, 1.54) is 6.07 Å². The third kappa shape index (κ3) is 3.96. The Morgan fingerprint density at radius 3 is 2.38 bits per heavy atom. The van der Waals surface area contributed by atoms with Crippen LogP contribution in [0.1, 0.15) is 30.5 Å². The Morgan fingerprint density at radius 2 is 1.81 bits per heavy atom. The van der Waals surface area contributed by atoms with Crippen LogP contribution in [0.5, 0.6) is 5.75 Å². The molecule has 0 aliphatic heterocycles. The molecule has 0 aromatic heterocycles. The highest BCUT2D eigenvalue weighted by Crippen LogP contribution is 2.27. The summed E-state index contributed by atoms with van der Waals surface area (Å²) < 4.78 is 18.5. The Balaban J connectivity index is 2.33. The molecule has 2 aromatic rings. The van der Waals surface area contributed by atoms with Gasteiger partial charge in [-0.3, -0.25) is 0 Å². The SMILES string of the molecule is CCCNC(c1ccc(OC)cc1)c1ccc(F)c(Cl)c1. The van der Waals surface area contributed by atoms with E-state index >= 15 is 0 Å². The van der Waals surface area contributed by atoms with Gasteiger partial charge in [-0.2, -0.15) is 0 Å². The normalized spacial score (nSPS) is 12.2. The van der Waals surface area contributed by atoms with Crippen LogP contribution >= 0.6 is 11.6 Å². The Morgan fingerprint density at radius 1 is 1.14 bits per heavy atom. The molecule has 1 unspecified atom stereocenters. The second kappa shape index (κ2) is 7.43. The van der Waals surface area contributed by atoms with Gasteiger partial charge in [0.2, 0.25) is 0 Å². The molecule has 0 amide bonds. The maximum Gasteiger partial charge on any atom is 0.141 e.